The summed E-state index contributed by atoms with van der Waals surface area (Å²) in [5, 5.41) is 26.5. The minimum absolute atomic E-state index is 0.00363. The van der Waals surface area contributed by atoms with Gasteiger partial charge in [0.15, 0.2) is 0 Å². The second-order valence-corrected chi connectivity index (χ2v) is 4.88. The van der Waals surface area contributed by atoms with Gasteiger partial charge >= 0.3 is 0 Å². The molecule has 2 aromatic rings. The van der Waals surface area contributed by atoms with E-state index in [1.807, 2.05) is 0 Å². The fourth-order valence-electron chi connectivity index (χ4n) is 1.77. The maximum atomic E-state index is 11.9. The van der Waals surface area contributed by atoms with Crippen LogP contribution in [0.15, 0.2) is 23.3 Å². The first kappa shape index (κ1) is 15.6. The summed E-state index contributed by atoms with van der Waals surface area (Å²) in [5.41, 5.74) is 3.48. The van der Waals surface area contributed by atoms with Crippen molar-refractivity contribution in [2.24, 2.45) is 5.10 Å². The highest BCUT2D eigenvalue weighted by Gasteiger charge is 2.11. The SMILES string of the molecule is Cc1cc(C)nc(N/N=C\c2cc(Cl)cc([N+](=O)[O-])c2[O-])n1. The van der Waals surface area contributed by atoms with E-state index in [4.69, 9.17) is 11.6 Å². The minimum Gasteiger partial charge on any atom is -0.867 e. The summed E-state index contributed by atoms with van der Waals surface area (Å²) < 4.78 is 0. The maximum absolute atomic E-state index is 11.9. The van der Waals surface area contributed by atoms with Gasteiger partial charge in [0.1, 0.15) is 0 Å². The Morgan fingerprint density at radius 2 is 1.91 bits per heavy atom. The fraction of sp³-hybridized carbons (Fsp3) is 0.154. The Hall–Kier alpha value is -2.74. The number of aryl methyl sites for hydroxylation is 2. The third-order valence-corrected chi connectivity index (χ3v) is 2.83. The van der Waals surface area contributed by atoms with Crippen LogP contribution in [-0.4, -0.2) is 21.1 Å². The van der Waals surface area contributed by atoms with Crippen LogP contribution >= 0.6 is 11.6 Å². The topological polar surface area (TPSA) is 116 Å². The summed E-state index contributed by atoms with van der Waals surface area (Å²) in [5.74, 6) is -0.501. The quantitative estimate of drug-likeness (QED) is 0.524. The molecule has 1 N–H and O–H groups in total. The standard InChI is InChI=1S/C13H12ClN5O3/c1-7-3-8(2)17-13(16-7)18-15-6-9-4-10(14)5-11(12(9)20)19(21)22/h3-6,20H,1-2H3,(H,16,17,18)/p-1/b15-6-. The van der Waals surface area contributed by atoms with Gasteiger partial charge in [0, 0.05) is 22.5 Å². The fourth-order valence-corrected chi connectivity index (χ4v) is 1.99. The highest BCUT2D eigenvalue weighted by molar-refractivity contribution is 6.31. The Balaban J connectivity index is 2.25. The molecule has 0 amide bonds. The molecule has 114 valence electrons. The highest BCUT2D eigenvalue weighted by Crippen LogP contribution is 2.29. The van der Waals surface area contributed by atoms with Crippen LogP contribution in [0, 0.1) is 24.0 Å². The largest absolute Gasteiger partial charge is 0.867 e. The number of rotatable bonds is 4. The molecule has 0 fully saturated rings. The molecule has 0 spiro atoms. The number of hydrogen-bond acceptors (Lipinski definition) is 7. The van der Waals surface area contributed by atoms with Gasteiger partial charge in [-0.1, -0.05) is 11.6 Å². The van der Waals surface area contributed by atoms with E-state index in [2.05, 4.69) is 20.5 Å². The maximum Gasteiger partial charge on any atom is 0.263 e. The number of nitro groups is 1. The summed E-state index contributed by atoms with van der Waals surface area (Å²) >= 11 is 5.75. The van der Waals surface area contributed by atoms with Crippen molar-refractivity contribution in [1.29, 1.82) is 0 Å². The number of nitrogens with zero attached hydrogens (tertiary/aromatic N) is 4. The molecule has 0 saturated carbocycles. The normalized spacial score (nSPS) is 10.9. The number of halogens is 1. The Kier molecular flexibility index (Phi) is 4.52. The molecule has 8 nitrogen and oxygen atoms in total. The van der Waals surface area contributed by atoms with Crippen molar-refractivity contribution in [2.45, 2.75) is 13.8 Å². The van der Waals surface area contributed by atoms with Gasteiger partial charge in [-0.25, -0.2) is 15.4 Å². The van der Waals surface area contributed by atoms with Gasteiger partial charge in [0.2, 0.25) is 5.95 Å². The number of aromatic nitrogens is 2. The van der Waals surface area contributed by atoms with E-state index in [1.54, 1.807) is 19.9 Å². The lowest BCUT2D eigenvalue weighted by Gasteiger charge is -2.10. The summed E-state index contributed by atoms with van der Waals surface area (Å²) in [6.07, 6.45) is 1.14. The summed E-state index contributed by atoms with van der Waals surface area (Å²) in [6, 6.07) is 4.09. The zero-order valence-electron chi connectivity index (χ0n) is 11.7. The lowest BCUT2D eigenvalue weighted by molar-refractivity contribution is -0.398. The molecule has 0 bridgehead atoms. The van der Waals surface area contributed by atoms with Crippen LogP contribution in [0.4, 0.5) is 11.6 Å². The number of nitrogens with one attached hydrogen (secondary N) is 1. The molecule has 2 rings (SSSR count). The number of benzene rings is 1. The van der Waals surface area contributed by atoms with Gasteiger partial charge in [-0.15, -0.1) is 0 Å². The van der Waals surface area contributed by atoms with Gasteiger partial charge < -0.3 is 5.11 Å². The Morgan fingerprint density at radius 1 is 1.27 bits per heavy atom. The number of anilines is 1. The molecule has 22 heavy (non-hydrogen) atoms. The number of hydrogen-bond donors (Lipinski definition) is 1. The first-order valence-corrected chi connectivity index (χ1v) is 6.51. The van der Waals surface area contributed by atoms with E-state index < -0.39 is 16.4 Å². The number of hydrazone groups is 1. The van der Waals surface area contributed by atoms with Crippen molar-refractivity contribution < 1.29 is 10.0 Å². The zero-order valence-corrected chi connectivity index (χ0v) is 12.5. The molecule has 1 aromatic heterocycles. The molecule has 0 atom stereocenters. The summed E-state index contributed by atoms with van der Waals surface area (Å²) in [4.78, 5) is 18.2. The van der Waals surface area contributed by atoms with Crippen molar-refractivity contribution in [3.05, 3.63) is 50.3 Å². The second-order valence-electron chi connectivity index (χ2n) is 4.44. The van der Waals surface area contributed by atoms with Crippen LogP contribution in [0.25, 0.3) is 0 Å². The van der Waals surface area contributed by atoms with E-state index in [0.29, 0.717) is 0 Å². The smallest absolute Gasteiger partial charge is 0.263 e. The van der Waals surface area contributed by atoms with Gasteiger partial charge in [0.25, 0.3) is 5.69 Å². The van der Waals surface area contributed by atoms with E-state index in [-0.39, 0.29) is 16.5 Å². The first-order chi connectivity index (χ1) is 10.4. The summed E-state index contributed by atoms with van der Waals surface area (Å²) in [7, 11) is 0. The molecule has 0 radical (unpaired) electrons. The summed E-state index contributed by atoms with van der Waals surface area (Å²) in [6.45, 7) is 3.61. The molecule has 0 saturated heterocycles. The van der Waals surface area contributed by atoms with Crippen LogP contribution < -0.4 is 10.5 Å². The van der Waals surface area contributed by atoms with Crippen LogP contribution in [-0.2, 0) is 0 Å². The monoisotopic (exact) mass is 320 g/mol. The van der Waals surface area contributed by atoms with Crippen molar-refractivity contribution >= 4 is 29.5 Å². The van der Waals surface area contributed by atoms with E-state index in [9.17, 15) is 15.2 Å². The molecular weight excluding hydrogens is 310 g/mol. The van der Waals surface area contributed by atoms with E-state index in [1.165, 1.54) is 6.07 Å². The van der Waals surface area contributed by atoms with Crippen molar-refractivity contribution in [3.63, 3.8) is 0 Å². The second kappa shape index (κ2) is 6.35. The average molecular weight is 321 g/mol. The third kappa shape index (κ3) is 3.67. The predicted octanol–water partition coefficient (Wildman–Crippen LogP) is 2.17. The van der Waals surface area contributed by atoms with Gasteiger partial charge in [0.05, 0.1) is 11.1 Å². The molecule has 0 aliphatic carbocycles. The first-order valence-electron chi connectivity index (χ1n) is 6.13. The lowest BCUT2D eigenvalue weighted by Crippen LogP contribution is -2.04. The molecule has 0 unspecified atom stereocenters. The van der Waals surface area contributed by atoms with Crippen LogP contribution in [0.3, 0.4) is 0 Å². The average Bonchev–Trinajstić information content (AvgIpc) is 2.40. The Bertz CT molecular complexity index is 743. The van der Waals surface area contributed by atoms with Crippen LogP contribution in [0.2, 0.25) is 5.02 Å². The van der Waals surface area contributed by atoms with Crippen LogP contribution in [0.5, 0.6) is 5.75 Å². The van der Waals surface area contributed by atoms with Gasteiger partial charge in [-0.3, -0.25) is 10.1 Å². The zero-order chi connectivity index (χ0) is 16.3. The Labute approximate surface area is 130 Å². The van der Waals surface area contributed by atoms with E-state index in [0.717, 1.165) is 23.7 Å². The van der Waals surface area contributed by atoms with Crippen molar-refractivity contribution in [1.82, 2.24) is 9.97 Å². The number of nitro benzene ring substituents is 1. The van der Waals surface area contributed by atoms with Crippen molar-refractivity contribution in [3.8, 4) is 5.75 Å². The molecule has 9 heteroatoms. The lowest BCUT2D eigenvalue weighted by atomic mass is 10.2. The van der Waals surface area contributed by atoms with Crippen molar-refractivity contribution in [2.75, 3.05) is 5.43 Å². The van der Waals surface area contributed by atoms with E-state index >= 15 is 0 Å². The molecular formula is C13H11ClN5O3-. The van der Waals surface area contributed by atoms with Gasteiger partial charge in [-0.05, 0) is 37.3 Å². The molecule has 0 aliphatic heterocycles. The molecule has 1 heterocycles. The molecule has 1 aromatic carbocycles. The molecule has 0 aliphatic rings. The minimum atomic E-state index is -0.786. The predicted molar refractivity (Wildman–Crippen MR) is 80.3 cm³/mol. The Morgan fingerprint density at radius 3 is 2.50 bits per heavy atom. The third-order valence-electron chi connectivity index (χ3n) is 2.61. The highest BCUT2D eigenvalue weighted by atomic mass is 35.5. The van der Waals surface area contributed by atoms with Gasteiger partial charge in [-0.2, -0.15) is 5.10 Å². The van der Waals surface area contributed by atoms with Crippen LogP contribution in [0.1, 0.15) is 17.0 Å².